The third-order valence-corrected chi connectivity index (χ3v) is 9.59. The number of ether oxygens (including phenoxy) is 11. The molecule has 1 heterocycles. The Morgan fingerprint density at radius 1 is 0.582 bits per heavy atom. The zero-order valence-electron chi connectivity index (χ0n) is 38.4. The molecule has 67 heavy (non-hydrogen) atoms. The molecule has 1 aliphatic heterocycles. The highest BCUT2D eigenvalue weighted by molar-refractivity contribution is 5.91. The van der Waals surface area contributed by atoms with Crippen LogP contribution < -0.4 is 15.4 Å². The molecule has 4 rings (SSSR count). The SMILES string of the molecule is CC(=O)O[C@@H]1[C@@H](OC(C)=O)[C@H](C)O[C@@H](OCCCC(=O)NCCOCCOCCOCCOCCNC(=O)COc2ccc(-c3cccc(C(=O)OCc4ccccc4)c3)cc2)[C@@H]1OC(C)=O. The van der Waals surface area contributed by atoms with Crippen molar-refractivity contribution in [3.8, 4) is 16.9 Å². The van der Waals surface area contributed by atoms with Gasteiger partial charge in [-0.3, -0.25) is 24.0 Å². The Balaban J connectivity index is 0.935. The van der Waals surface area contributed by atoms with Crippen LogP contribution in [0.25, 0.3) is 11.1 Å². The van der Waals surface area contributed by atoms with Gasteiger partial charge in [-0.25, -0.2) is 4.79 Å². The van der Waals surface area contributed by atoms with Crippen molar-refractivity contribution in [2.24, 2.45) is 0 Å². The lowest BCUT2D eigenvalue weighted by atomic mass is 9.99. The molecule has 19 nitrogen and oxygen atoms in total. The predicted molar refractivity (Wildman–Crippen MR) is 238 cm³/mol. The summed E-state index contributed by atoms with van der Waals surface area (Å²) in [5.41, 5.74) is 3.09. The summed E-state index contributed by atoms with van der Waals surface area (Å²) in [4.78, 5) is 72.5. The van der Waals surface area contributed by atoms with E-state index in [1.807, 2.05) is 48.5 Å². The van der Waals surface area contributed by atoms with E-state index < -0.39 is 54.6 Å². The standard InChI is InChI=1S/C48H62N2O17/c1-33-44(65-34(2)51)45(66-35(3)52)46(67-36(4)53)48(64-33)61-21-9-14-42(54)49-19-22-57-24-26-59-28-29-60-27-25-58-23-20-50-43(55)32-62-41-17-15-38(16-18-41)39-12-8-13-40(30-39)47(56)63-31-37-10-6-5-7-11-37/h5-8,10-13,15-18,30,33,44-46,48H,9,14,19-29,31-32H2,1-4H3,(H,49,54)(H,50,55)/t33-,44-,45+,46+,48+/m0/s1. The van der Waals surface area contributed by atoms with Gasteiger partial charge in [0.05, 0.1) is 71.1 Å². The van der Waals surface area contributed by atoms with Crippen molar-refractivity contribution >= 4 is 35.7 Å². The molecule has 2 N–H and O–H groups in total. The van der Waals surface area contributed by atoms with Crippen LogP contribution in [0.5, 0.6) is 5.75 Å². The van der Waals surface area contributed by atoms with Crippen LogP contribution in [-0.4, -0.2) is 146 Å². The fourth-order valence-electron chi connectivity index (χ4n) is 6.49. The number of benzene rings is 3. The maximum Gasteiger partial charge on any atom is 0.338 e. The van der Waals surface area contributed by atoms with Crippen molar-refractivity contribution < 1.29 is 80.9 Å². The lowest BCUT2D eigenvalue weighted by molar-refractivity contribution is -0.300. The molecule has 0 bridgehead atoms. The lowest BCUT2D eigenvalue weighted by Gasteiger charge is -2.43. The largest absolute Gasteiger partial charge is 0.484 e. The van der Waals surface area contributed by atoms with Gasteiger partial charge in [-0.15, -0.1) is 0 Å². The second-order valence-corrected chi connectivity index (χ2v) is 15.0. The fraction of sp³-hybridized carbons (Fsp3) is 0.500. The van der Waals surface area contributed by atoms with Crippen LogP contribution in [0.2, 0.25) is 0 Å². The number of hydrogen-bond donors (Lipinski definition) is 2. The molecule has 0 radical (unpaired) electrons. The fourth-order valence-corrected chi connectivity index (χ4v) is 6.49. The molecule has 0 aromatic heterocycles. The molecule has 1 saturated heterocycles. The van der Waals surface area contributed by atoms with Gasteiger partial charge in [0.2, 0.25) is 5.91 Å². The van der Waals surface area contributed by atoms with Crippen molar-refractivity contribution in [2.45, 2.75) is 77.8 Å². The Bertz CT molecular complexity index is 1980. The average molecular weight is 939 g/mol. The van der Waals surface area contributed by atoms with Gasteiger partial charge in [-0.2, -0.15) is 0 Å². The van der Waals surface area contributed by atoms with Gasteiger partial charge in [0, 0.05) is 40.3 Å². The van der Waals surface area contributed by atoms with E-state index in [2.05, 4.69) is 10.6 Å². The Hall–Kier alpha value is -5.96. The minimum atomic E-state index is -1.21. The summed E-state index contributed by atoms with van der Waals surface area (Å²) in [7, 11) is 0. The second-order valence-electron chi connectivity index (χ2n) is 15.0. The van der Waals surface area contributed by atoms with Gasteiger partial charge in [0.25, 0.3) is 5.91 Å². The van der Waals surface area contributed by atoms with Crippen LogP contribution >= 0.6 is 0 Å². The van der Waals surface area contributed by atoms with Gasteiger partial charge in [-0.1, -0.05) is 54.6 Å². The number of hydrogen-bond acceptors (Lipinski definition) is 17. The van der Waals surface area contributed by atoms with Crippen molar-refractivity contribution in [1.29, 1.82) is 0 Å². The van der Waals surface area contributed by atoms with E-state index in [9.17, 15) is 28.8 Å². The number of esters is 4. The number of carbonyl (C=O) groups is 6. The zero-order chi connectivity index (χ0) is 48.2. The summed E-state index contributed by atoms with van der Waals surface area (Å²) < 4.78 is 60.6. The number of amides is 2. The van der Waals surface area contributed by atoms with E-state index in [-0.39, 0.29) is 44.7 Å². The van der Waals surface area contributed by atoms with E-state index in [4.69, 9.17) is 52.1 Å². The summed E-state index contributed by atoms with van der Waals surface area (Å²) in [6.45, 7) is 8.58. The smallest absolute Gasteiger partial charge is 0.338 e. The first kappa shape index (κ1) is 53.7. The Kier molecular flexibility index (Phi) is 24.3. The monoisotopic (exact) mass is 938 g/mol. The maximum absolute atomic E-state index is 12.6. The third kappa shape index (κ3) is 21.0. The van der Waals surface area contributed by atoms with Crippen LogP contribution in [0.15, 0.2) is 78.9 Å². The molecule has 0 aliphatic carbocycles. The second kappa shape index (κ2) is 30.4. The topological polar surface area (TPSA) is 228 Å². The van der Waals surface area contributed by atoms with Gasteiger partial charge in [0.1, 0.15) is 12.4 Å². The summed E-state index contributed by atoms with van der Waals surface area (Å²) in [6.07, 6.45) is -4.84. The van der Waals surface area contributed by atoms with Gasteiger partial charge in [-0.05, 0) is 54.3 Å². The first-order chi connectivity index (χ1) is 32.4. The van der Waals surface area contributed by atoms with E-state index in [0.29, 0.717) is 77.1 Å². The quantitative estimate of drug-likeness (QED) is 0.0551. The lowest BCUT2D eigenvalue weighted by Crippen LogP contribution is -2.61. The average Bonchev–Trinajstić information content (AvgIpc) is 3.31. The molecular weight excluding hydrogens is 877 g/mol. The van der Waals surface area contributed by atoms with Crippen molar-refractivity contribution in [3.05, 3.63) is 90.0 Å². The van der Waals surface area contributed by atoms with Gasteiger partial charge < -0.3 is 62.7 Å². The van der Waals surface area contributed by atoms with Crippen molar-refractivity contribution in [1.82, 2.24) is 10.6 Å². The number of nitrogens with one attached hydrogen (secondary N) is 2. The number of carbonyl (C=O) groups excluding carboxylic acids is 6. The molecular formula is C48H62N2O17. The zero-order valence-corrected chi connectivity index (χ0v) is 38.4. The summed E-state index contributed by atoms with van der Waals surface area (Å²) in [6, 6.07) is 23.9. The Labute approximate surface area is 390 Å². The first-order valence-corrected chi connectivity index (χ1v) is 22.1. The Morgan fingerprint density at radius 3 is 1.76 bits per heavy atom. The minimum Gasteiger partial charge on any atom is -0.484 e. The van der Waals surface area contributed by atoms with Gasteiger partial charge >= 0.3 is 23.9 Å². The van der Waals surface area contributed by atoms with Crippen molar-refractivity contribution in [2.75, 3.05) is 79.2 Å². The summed E-state index contributed by atoms with van der Waals surface area (Å²) in [5, 5.41) is 5.50. The first-order valence-electron chi connectivity index (χ1n) is 22.1. The van der Waals surface area contributed by atoms with Crippen molar-refractivity contribution in [3.63, 3.8) is 0 Å². The normalized spacial score (nSPS) is 17.7. The van der Waals surface area contributed by atoms with Gasteiger partial charge in [0.15, 0.2) is 31.2 Å². The molecule has 2 amide bonds. The van der Waals surface area contributed by atoms with Crippen LogP contribution in [0.3, 0.4) is 0 Å². The highest BCUT2D eigenvalue weighted by Crippen LogP contribution is 2.30. The van der Waals surface area contributed by atoms with Crippen LogP contribution in [0.4, 0.5) is 0 Å². The maximum atomic E-state index is 12.6. The third-order valence-electron chi connectivity index (χ3n) is 9.59. The molecule has 366 valence electrons. The van der Waals surface area contributed by atoms with E-state index >= 15 is 0 Å². The predicted octanol–water partition coefficient (Wildman–Crippen LogP) is 3.72. The van der Waals surface area contributed by atoms with E-state index in [1.54, 1.807) is 37.3 Å². The Morgan fingerprint density at radius 2 is 1.15 bits per heavy atom. The molecule has 1 fully saturated rings. The van der Waals surface area contributed by atoms with Crippen LogP contribution in [0, 0.1) is 0 Å². The van der Waals surface area contributed by atoms with E-state index in [1.165, 1.54) is 20.8 Å². The summed E-state index contributed by atoms with van der Waals surface area (Å²) >= 11 is 0. The van der Waals surface area contributed by atoms with Crippen LogP contribution in [-0.2, 0) is 77.9 Å². The molecule has 0 unspecified atom stereocenters. The molecule has 3 aromatic carbocycles. The van der Waals surface area contributed by atoms with Crippen LogP contribution in [0.1, 0.15) is 56.5 Å². The molecule has 19 heteroatoms. The minimum absolute atomic E-state index is 0.0615. The van der Waals surface area contributed by atoms with E-state index in [0.717, 1.165) is 16.7 Å². The number of rotatable bonds is 30. The molecule has 5 atom stereocenters. The molecule has 0 saturated carbocycles. The molecule has 3 aromatic rings. The molecule has 1 aliphatic rings. The molecule has 0 spiro atoms. The summed E-state index contributed by atoms with van der Waals surface area (Å²) in [5.74, 6) is -2.36. The highest BCUT2D eigenvalue weighted by Gasteiger charge is 2.50. The highest BCUT2D eigenvalue weighted by atomic mass is 16.7.